The molecule has 1 aromatic carbocycles. The van der Waals surface area contributed by atoms with Crippen LogP contribution in [0.2, 0.25) is 0 Å². The van der Waals surface area contributed by atoms with Crippen LogP contribution in [0.4, 0.5) is 9.93 Å². The molecule has 6 atom stereocenters. The Balaban J connectivity index is 1.17. The molecule has 5 heterocycles. The number of aliphatic carboxylic acids is 1. The molecule has 3 aliphatic heterocycles. The van der Waals surface area contributed by atoms with Crippen molar-refractivity contribution in [3.05, 3.63) is 29.6 Å². The molecule has 1 aliphatic carbocycles. The van der Waals surface area contributed by atoms with Crippen LogP contribution in [0.3, 0.4) is 0 Å². The lowest BCUT2D eigenvalue weighted by atomic mass is 10.0. The van der Waals surface area contributed by atoms with Crippen molar-refractivity contribution >= 4 is 61.4 Å². The van der Waals surface area contributed by atoms with Gasteiger partial charge in [-0.05, 0) is 77.3 Å². The van der Waals surface area contributed by atoms with Gasteiger partial charge in [-0.3, -0.25) is 9.59 Å². The van der Waals surface area contributed by atoms with Gasteiger partial charge in [0.05, 0.1) is 24.9 Å². The average Bonchev–Trinajstić information content (AvgIpc) is 3.52. The molecule has 66 heavy (non-hydrogen) atoms. The van der Waals surface area contributed by atoms with Crippen LogP contribution in [-0.2, 0) is 24.6 Å². The summed E-state index contributed by atoms with van der Waals surface area (Å²) in [5, 5.41) is 25.9. The van der Waals surface area contributed by atoms with E-state index in [1.165, 1.54) is 24.8 Å². The van der Waals surface area contributed by atoms with Crippen molar-refractivity contribution in [3.63, 3.8) is 0 Å². The van der Waals surface area contributed by atoms with E-state index in [0.29, 0.717) is 79.0 Å². The van der Waals surface area contributed by atoms with E-state index in [-0.39, 0.29) is 43.4 Å². The first-order chi connectivity index (χ1) is 31.4. The van der Waals surface area contributed by atoms with Gasteiger partial charge in [-0.2, -0.15) is 17.0 Å². The molecule has 20 heteroatoms. The number of rotatable bonds is 13. The van der Waals surface area contributed by atoms with Crippen molar-refractivity contribution in [3.8, 4) is 22.9 Å². The van der Waals surface area contributed by atoms with Crippen LogP contribution >= 0.6 is 11.3 Å². The Bertz CT molecular complexity index is 2360. The summed E-state index contributed by atoms with van der Waals surface area (Å²) in [6.45, 7) is 12.3. The van der Waals surface area contributed by atoms with Crippen LogP contribution in [0.25, 0.3) is 22.3 Å². The number of methoxy groups -OCH3 is 1. The summed E-state index contributed by atoms with van der Waals surface area (Å²) in [4.78, 5) is 67.3. The SMILES string of the molecule is COc1ccc2c(O[C@@H]3C[C@H]4C(=O)N[C@]5(C(=O)O)CC5CCCCCCC[C@H](NC(=O)N[C@H](CN5CCCN(C(C)C)S5(=O)=O)C(C)C)C(=O)N4C3)cc(-c3csc(NC(C)C)n3)nc2c1. The first kappa shape index (κ1) is 49.1. The molecule has 1 unspecified atom stereocenters. The number of pyridine rings is 1. The molecular formula is C46H67N9O9S2. The van der Waals surface area contributed by atoms with Crippen LogP contribution in [0.1, 0.15) is 106 Å². The zero-order chi connectivity index (χ0) is 47.5. The highest BCUT2D eigenvalue weighted by molar-refractivity contribution is 7.86. The number of aromatic nitrogens is 2. The molecule has 3 saturated heterocycles. The van der Waals surface area contributed by atoms with Crippen LogP contribution in [0, 0.1) is 11.8 Å². The predicted octanol–water partition coefficient (Wildman–Crippen LogP) is 5.59. The van der Waals surface area contributed by atoms with Gasteiger partial charge in [-0.1, -0.05) is 46.0 Å². The molecule has 0 spiro atoms. The highest BCUT2D eigenvalue weighted by Crippen LogP contribution is 2.48. The smallest absolute Gasteiger partial charge is 0.329 e. The Morgan fingerprint density at radius 3 is 2.42 bits per heavy atom. The van der Waals surface area contributed by atoms with Crippen LogP contribution < -0.4 is 30.7 Å². The Labute approximate surface area is 392 Å². The molecule has 0 bridgehead atoms. The van der Waals surface area contributed by atoms with Gasteiger partial charge in [-0.15, -0.1) is 11.3 Å². The van der Waals surface area contributed by atoms with E-state index in [9.17, 15) is 32.7 Å². The van der Waals surface area contributed by atoms with Gasteiger partial charge < -0.3 is 40.7 Å². The number of benzene rings is 1. The zero-order valence-corrected chi connectivity index (χ0v) is 40.8. The molecule has 4 fully saturated rings. The molecule has 7 rings (SSSR count). The van der Waals surface area contributed by atoms with E-state index >= 15 is 0 Å². The van der Waals surface area contributed by atoms with Crippen molar-refractivity contribution in [1.82, 2.24) is 39.4 Å². The van der Waals surface area contributed by atoms with Crippen molar-refractivity contribution < 1.29 is 42.2 Å². The fourth-order valence-electron chi connectivity index (χ4n) is 9.47. The van der Waals surface area contributed by atoms with Gasteiger partial charge in [-0.25, -0.2) is 19.6 Å². The number of carboxylic acid groups (broad SMARTS) is 1. The number of carbonyl (C=O) groups is 4. The summed E-state index contributed by atoms with van der Waals surface area (Å²) in [6, 6.07) is 3.84. The molecule has 5 N–H and O–H groups in total. The predicted molar refractivity (Wildman–Crippen MR) is 253 cm³/mol. The number of amides is 4. The first-order valence-electron chi connectivity index (χ1n) is 23.5. The Morgan fingerprint density at radius 1 is 0.985 bits per heavy atom. The number of carboxylic acids is 1. The van der Waals surface area contributed by atoms with Crippen molar-refractivity contribution in [2.24, 2.45) is 11.8 Å². The number of urea groups is 1. The number of nitrogens with one attached hydrogen (secondary N) is 4. The average molecular weight is 954 g/mol. The number of ether oxygens (including phenoxy) is 2. The van der Waals surface area contributed by atoms with E-state index < -0.39 is 63.8 Å². The third-order valence-corrected chi connectivity index (χ3v) is 16.2. The number of hydrogen-bond donors (Lipinski definition) is 5. The van der Waals surface area contributed by atoms with Gasteiger partial charge in [0, 0.05) is 67.1 Å². The number of thiazole rings is 1. The molecule has 3 aromatic rings. The second kappa shape index (κ2) is 20.6. The van der Waals surface area contributed by atoms with E-state index in [2.05, 4.69) is 21.3 Å². The third-order valence-electron chi connectivity index (χ3n) is 13.3. The monoisotopic (exact) mass is 953 g/mol. The second-order valence-corrected chi connectivity index (χ2v) is 21.9. The van der Waals surface area contributed by atoms with Crippen molar-refractivity contribution in [2.45, 2.75) is 148 Å². The van der Waals surface area contributed by atoms with Gasteiger partial charge >= 0.3 is 12.0 Å². The van der Waals surface area contributed by atoms with Gasteiger partial charge in [0.25, 0.3) is 10.2 Å². The maximum atomic E-state index is 15.0. The van der Waals surface area contributed by atoms with Crippen LogP contribution in [0.5, 0.6) is 11.5 Å². The van der Waals surface area contributed by atoms with Crippen LogP contribution in [0.15, 0.2) is 29.6 Å². The highest BCUT2D eigenvalue weighted by Gasteiger charge is 2.62. The summed E-state index contributed by atoms with van der Waals surface area (Å²) in [6.07, 6.45) is 5.23. The molecule has 4 amide bonds. The van der Waals surface area contributed by atoms with E-state index in [4.69, 9.17) is 19.4 Å². The van der Waals surface area contributed by atoms with Crippen molar-refractivity contribution in [2.75, 3.05) is 38.6 Å². The first-order valence-corrected chi connectivity index (χ1v) is 25.8. The number of hydrogen-bond acceptors (Lipinski definition) is 12. The summed E-state index contributed by atoms with van der Waals surface area (Å²) < 4.78 is 42.3. The lowest BCUT2D eigenvalue weighted by Crippen LogP contribution is -2.59. The number of carbonyl (C=O) groups excluding carboxylic acids is 3. The lowest BCUT2D eigenvalue weighted by molar-refractivity contribution is -0.145. The second-order valence-electron chi connectivity index (χ2n) is 19.2. The molecule has 18 nitrogen and oxygen atoms in total. The summed E-state index contributed by atoms with van der Waals surface area (Å²) in [7, 11) is -2.18. The minimum absolute atomic E-state index is 0.0253. The molecule has 4 aliphatic rings. The fraction of sp³-hybridized carbons (Fsp3) is 0.652. The lowest BCUT2D eigenvalue weighted by Gasteiger charge is -2.39. The normalized spacial score (nSPS) is 25.9. The summed E-state index contributed by atoms with van der Waals surface area (Å²) in [5.41, 5.74) is 0.345. The van der Waals surface area contributed by atoms with Gasteiger partial charge in [0.15, 0.2) is 5.13 Å². The number of fused-ring (bicyclic) bond motifs is 3. The Kier molecular flexibility index (Phi) is 15.3. The van der Waals surface area contributed by atoms with Crippen LogP contribution in [-0.4, -0.2) is 136 Å². The number of anilines is 1. The fourth-order valence-corrected chi connectivity index (χ4v) is 12.2. The summed E-state index contributed by atoms with van der Waals surface area (Å²) >= 11 is 1.45. The topological polar surface area (TPSA) is 225 Å². The highest BCUT2D eigenvalue weighted by atomic mass is 32.2. The maximum absolute atomic E-state index is 15.0. The largest absolute Gasteiger partial charge is 0.497 e. The molecule has 2 aromatic heterocycles. The molecule has 362 valence electrons. The minimum atomic E-state index is -3.75. The zero-order valence-electron chi connectivity index (χ0n) is 39.2. The standard InChI is InChI=1S/C46H67N9O9S2/c1-27(2)37(25-53-18-13-19-55(29(5)6)66(53,61)62)50-44(60)49-34-15-12-10-8-9-11-14-30-23-46(30,43(58)59)52-41(56)39-21-32(24-54(39)42(34)57)64-40-22-36(38-26-65-45(51-38)47-28(3)4)48-35-20-31(63-7)16-17-33(35)40/h16-17,20,22,26-30,32,34,37,39H,8-15,18-19,21,23-25H2,1-7H3,(H,47,51)(H,52,56)(H,58,59)(H2,49,50,60)/t30?,32-,34+,37-,39+,46-/m1/s1. The molecular weight excluding hydrogens is 887 g/mol. The third kappa shape index (κ3) is 11.0. The Hall–Kier alpha value is -4.79. The summed E-state index contributed by atoms with van der Waals surface area (Å²) in [5.74, 6) is -1.51. The molecule has 1 saturated carbocycles. The van der Waals surface area contributed by atoms with Gasteiger partial charge in [0.1, 0.15) is 40.9 Å². The van der Waals surface area contributed by atoms with E-state index in [1.807, 2.05) is 53.0 Å². The van der Waals surface area contributed by atoms with Gasteiger partial charge in [0.2, 0.25) is 11.8 Å². The Morgan fingerprint density at radius 2 is 1.73 bits per heavy atom. The minimum Gasteiger partial charge on any atom is -0.497 e. The van der Waals surface area contributed by atoms with E-state index in [1.54, 1.807) is 25.3 Å². The van der Waals surface area contributed by atoms with E-state index in [0.717, 1.165) is 30.8 Å². The van der Waals surface area contributed by atoms with Crippen molar-refractivity contribution in [1.29, 1.82) is 0 Å². The number of nitrogens with zero attached hydrogens (tertiary/aromatic N) is 5. The quantitative estimate of drug-likeness (QED) is 0.141. The maximum Gasteiger partial charge on any atom is 0.329 e. The molecule has 0 radical (unpaired) electrons.